The minimum Gasteiger partial charge on any atom is -0.454 e. The lowest BCUT2D eigenvalue weighted by Crippen LogP contribution is -2.33. The van der Waals surface area contributed by atoms with Crippen LogP contribution in [0.15, 0.2) is 60.7 Å². The third kappa shape index (κ3) is 3.27. The largest absolute Gasteiger partial charge is 0.454 e. The Labute approximate surface area is 183 Å². The number of hydrogen-bond acceptors (Lipinski definition) is 5. The highest BCUT2D eigenvalue weighted by Gasteiger charge is 2.59. The zero-order valence-electron chi connectivity index (χ0n) is 16.4. The summed E-state index contributed by atoms with van der Waals surface area (Å²) in [5, 5.41) is 0.504. The first-order valence-corrected chi connectivity index (χ1v) is 10.4. The lowest BCUT2D eigenvalue weighted by molar-refractivity contribution is -0.123. The number of halogens is 1. The number of imide groups is 1. The van der Waals surface area contributed by atoms with Crippen LogP contribution in [0.2, 0.25) is 5.02 Å². The van der Waals surface area contributed by atoms with Gasteiger partial charge in [-0.25, -0.2) is 9.69 Å². The van der Waals surface area contributed by atoms with Gasteiger partial charge >= 0.3 is 5.97 Å². The summed E-state index contributed by atoms with van der Waals surface area (Å²) < 4.78 is 5.14. The van der Waals surface area contributed by atoms with E-state index in [2.05, 4.69) is 0 Å². The molecule has 1 saturated heterocycles. The van der Waals surface area contributed by atoms with E-state index in [9.17, 15) is 19.2 Å². The van der Waals surface area contributed by atoms with Crippen molar-refractivity contribution in [2.75, 3.05) is 11.5 Å². The van der Waals surface area contributed by atoms with Crippen molar-refractivity contribution in [2.45, 2.75) is 6.42 Å². The monoisotopic (exact) mass is 435 g/mol. The molecule has 0 unspecified atom stereocenters. The molecule has 2 amide bonds. The summed E-state index contributed by atoms with van der Waals surface area (Å²) in [6, 6.07) is 12.5. The molecule has 31 heavy (non-hydrogen) atoms. The molecule has 6 nitrogen and oxygen atoms in total. The van der Waals surface area contributed by atoms with E-state index in [1.54, 1.807) is 36.4 Å². The fraction of sp³-hybridized carbons (Fsp3) is 0.250. The molecule has 2 bridgehead atoms. The number of benzene rings is 2. The van der Waals surface area contributed by atoms with Crippen molar-refractivity contribution >= 4 is 40.9 Å². The molecule has 156 valence electrons. The van der Waals surface area contributed by atoms with Crippen molar-refractivity contribution in [2.24, 2.45) is 23.7 Å². The fourth-order valence-electron chi connectivity index (χ4n) is 4.86. The van der Waals surface area contributed by atoms with Crippen molar-refractivity contribution in [3.8, 4) is 0 Å². The van der Waals surface area contributed by atoms with Crippen molar-refractivity contribution in [1.29, 1.82) is 0 Å². The molecule has 0 radical (unpaired) electrons. The molecule has 2 aromatic rings. The number of carbonyl (C=O) groups excluding carboxylic acids is 4. The Kier molecular flexibility index (Phi) is 4.74. The second-order valence-electron chi connectivity index (χ2n) is 8.07. The first-order chi connectivity index (χ1) is 14.9. The highest BCUT2D eigenvalue weighted by atomic mass is 35.5. The van der Waals surface area contributed by atoms with E-state index >= 15 is 0 Å². The molecule has 1 heterocycles. The number of ketones is 1. The Morgan fingerprint density at radius 2 is 1.58 bits per heavy atom. The molecule has 0 N–H and O–H groups in total. The molecule has 2 aromatic carbocycles. The standard InChI is InChI=1S/C24H18ClNO5/c25-17-8-6-13(7-9-17)19(27)12-31-24(30)16-2-1-3-18(11-16)26-22(28)20-14-4-5-15(10-14)21(20)23(26)29/h1-9,11,14-15,20-21H,10,12H2/t14-,15+,20-,21+. The van der Waals surface area contributed by atoms with E-state index < -0.39 is 12.6 Å². The number of ether oxygens (including phenoxy) is 1. The predicted octanol–water partition coefficient (Wildman–Crippen LogP) is 3.69. The first-order valence-electron chi connectivity index (χ1n) is 10.1. The van der Waals surface area contributed by atoms with E-state index in [1.807, 2.05) is 12.2 Å². The molecule has 1 saturated carbocycles. The summed E-state index contributed by atoms with van der Waals surface area (Å²) in [6.45, 7) is -0.425. The van der Waals surface area contributed by atoms with Gasteiger partial charge in [-0.1, -0.05) is 29.8 Å². The summed E-state index contributed by atoms with van der Waals surface area (Å²) in [4.78, 5) is 51.8. The van der Waals surface area contributed by atoms with Gasteiger partial charge in [0.15, 0.2) is 12.4 Å². The van der Waals surface area contributed by atoms with Crippen LogP contribution in [0.5, 0.6) is 0 Å². The molecule has 1 aliphatic heterocycles. The van der Waals surface area contributed by atoms with Crippen molar-refractivity contribution in [3.05, 3.63) is 76.8 Å². The van der Waals surface area contributed by atoms with Gasteiger partial charge < -0.3 is 4.74 Å². The minimum atomic E-state index is -0.704. The lowest BCUT2D eigenvalue weighted by Gasteiger charge is -2.18. The van der Waals surface area contributed by atoms with Gasteiger partial charge in [0.1, 0.15) is 0 Å². The number of nitrogens with zero attached hydrogens (tertiary/aromatic N) is 1. The SMILES string of the molecule is O=C(COC(=O)c1cccc(N2C(=O)[C@@H]3[C@H](C2=O)[C@@H]2C=C[C@H]3C2)c1)c1ccc(Cl)cc1. The van der Waals surface area contributed by atoms with Gasteiger partial charge in [-0.3, -0.25) is 14.4 Å². The Balaban J connectivity index is 1.30. The van der Waals surface area contributed by atoms with Crippen LogP contribution < -0.4 is 4.90 Å². The lowest BCUT2D eigenvalue weighted by atomic mass is 9.85. The molecule has 0 aromatic heterocycles. The van der Waals surface area contributed by atoms with Crippen LogP contribution in [-0.4, -0.2) is 30.2 Å². The van der Waals surface area contributed by atoms with Gasteiger partial charge in [0.25, 0.3) is 0 Å². The number of hydrogen-bond donors (Lipinski definition) is 0. The van der Waals surface area contributed by atoms with E-state index in [0.717, 1.165) is 6.42 Å². The number of fused-ring (bicyclic) bond motifs is 5. The van der Waals surface area contributed by atoms with Crippen LogP contribution in [0.1, 0.15) is 27.1 Å². The maximum atomic E-state index is 13.0. The zero-order valence-corrected chi connectivity index (χ0v) is 17.1. The predicted molar refractivity (Wildman–Crippen MR) is 113 cm³/mol. The van der Waals surface area contributed by atoms with Gasteiger partial charge in [-0.2, -0.15) is 0 Å². The van der Waals surface area contributed by atoms with Crippen LogP contribution in [-0.2, 0) is 14.3 Å². The Morgan fingerprint density at radius 1 is 0.935 bits per heavy atom. The molecule has 2 aliphatic carbocycles. The molecule has 5 rings (SSSR count). The second-order valence-corrected chi connectivity index (χ2v) is 8.50. The van der Waals surface area contributed by atoms with Gasteiger partial charge in [-0.05, 0) is 60.7 Å². The topological polar surface area (TPSA) is 80.8 Å². The van der Waals surface area contributed by atoms with E-state index in [1.165, 1.54) is 17.0 Å². The van der Waals surface area contributed by atoms with Crippen LogP contribution in [0.25, 0.3) is 0 Å². The quantitative estimate of drug-likeness (QED) is 0.309. The van der Waals surface area contributed by atoms with Gasteiger partial charge in [0, 0.05) is 10.6 Å². The summed E-state index contributed by atoms with van der Waals surface area (Å²) in [7, 11) is 0. The van der Waals surface area contributed by atoms with Crippen LogP contribution in [0.4, 0.5) is 5.69 Å². The number of carbonyl (C=O) groups is 4. The number of anilines is 1. The van der Waals surface area contributed by atoms with E-state index in [0.29, 0.717) is 16.3 Å². The third-order valence-electron chi connectivity index (χ3n) is 6.31. The van der Waals surface area contributed by atoms with Crippen LogP contribution >= 0.6 is 11.6 Å². The highest BCUT2D eigenvalue weighted by Crippen LogP contribution is 2.53. The van der Waals surface area contributed by atoms with Gasteiger partial charge in [-0.15, -0.1) is 0 Å². The van der Waals surface area contributed by atoms with E-state index in [-0.39, 0.29) is 46.8 Å². The van der Waals surface area contributed by atoms with Crippen LogP contribution in [0.3, 0.4) is 0 Å². The average molecular weight is 436 g/mol. The highest BCUT2D eigenvalue weighted by molar-refractivity contribution is 6.30. The minimum absolute atomic E-state index is 0.114. The van der Waals surface area contributed by atoms with E-state index in [4.69, 9.17) is 16.3 Å². The zero-order chi connectivity index (χ0) is 21.7. The maximum absolute atomic E-state index is 13.0. The molecular formula is C24H18ClNO5. The summed E-state index contributed by atoms with van der Waals surface area (Å²) >= 11 is 5.81. The molecule has 2 fully saturated rings. The van der Waals surface area contributed by atoms with Crippen molar-refractivity contribution in [1.82, 2.24) is 0 Å². The summed E-state index contributed by atoms with van der Waals surface area (Å²) in [6.07, 6.45) is 4.92. The molecule has 7 heteroatoms. The number of allylic oxidation sites excluding steroid dienone is 2. The Hall–Kier alpha value is -3.25. The third-order valence-corrected chi connectivity index (χ3v) is 6.56. The van der Waals surface area contributed by atoms with Gasteiger partial charge in [0.05, 0.1) is 23.1 Å². The Morgan fingerprint density at radius 3 is 2.23 bits per heavy atom. The van der Waals surface area contributed by atoms with Gasteiger partial charge in [0.2, 0.25) is 11.8 Å². The first kappa shape index (κ1) is 19.7. The summed E-state index contributed by atoms with van der Waals surface area (Å²) in [5.74, 6) is -1.88. The molecule has 4 atom stereocenters. The molecule has 3 aliphatic rings. The van der Waals surface area contributed by atoms with Crippen molar-refractivity contribution in [3.63, 3.8) is 0 Å². The van der Waals surface area contributed by atoms with Crippen molar-refractivity contribution < 1.29 is 23.9 Å². The molecule has 0 spiro atoms. The fourth-order valence-corrected chi connectivity index (χ4v) is 4.99. The second kappa shape index (κ2) is 7.46. The smallest absolute Gasteiger partial charge is 0.338 e. The summed E-state index contributed by atoms with van der Waals surface area (Å²) in [5.41, 5.74) is 0.899. The Bertz CT molecular complexity index is 1110. The number of rotatable bonds is 5. The number of amides is 2. The molecular weight excluding hydrogens is 418 g/mol. The number of esters is 1. The van der Waals surface area contributed by atoms with Crippen LogP contribution in [0, 0.1) is 23.7 Å². The normalized spacial score (nSPS) is 25.8. The number of Topliss-reactive ketones (excluding diaryl/α,β-unsaturated/α-hetero) is 1. The average Bonchev–Trinajstić information content (AvgIpc) is 3.46. The maximum Gasteiger partial charge on any atom is 0.338 e.